The zero-order valence-electron chi connectivity index (χ0n) is 12.4. The number of hydrogen-bond donors (Lipinski definition) is 1. The first-order valence-electron chi connectivity index (χ1n) is 7.06. The van der Waals surface area contributed by atoms with E-state index in [0.29, 0.717) is 24.1 Å². The number of carbonyl (C=O) groups excluding carboxylic acids is 1. The number of likely N-dealkylation sites (tertiary alicyclic amines) is 1. The van der Waals surface area contributed by atoms with Crippen LogP contribution < -0.4 is 0 Å². The van der Waals surface area contributed by atoms with Crippen LogP contribution in [0.15, 0.2) is 30.3 Å². The minimum Gasteiger partial charge on any atom is -0.481 e. The maximum Gasteiger partial charge on any atom is 0.416 e. The molecule has 1 fully saturated rings. The Kier molecular flexibility index (Phi) is 4.77. The van der Waals surface area contributed by atoms with Gasteiger partial charge in [-0.15, -0.1) is 0 Å². The number of rotatable bonds is 3. The highest BCUT2D eigenvalue weighted by Crippen LogP contribution is 2.30. The van der Waals surface area contributed by atoms with Crippen molar-refractivity contribution in [3.05, 3.63) is 41.5 Å². The fourth-order valence-electron chi connectivity index (χ4n) is 2.44. The van der Waals surface area contributed by atoms with Crippen LogP contribution in [0.25, 0.3) is 5.57 Å². The Morgan fingerprint density at radius 1 is 1.26 bits per heavy atom. The molecule has 0 aromatic heterocycles. The van der Waals surface area contributed by atoms with Crippen molar-refractivity contribution >= 4 is 17.4 Å². The van der Waals surface area contributed by atoms with Crippen LogP contribution in [0.2, 0.25) is 0 Å². The molecule has 4 nitrogen and oxygen atoms in total. The number of nitrogens with zero attached hydrogens (tertiary/aromatic N) is 1. The molecule has 1 aromatic rings. The molecule has 1 aromatic carbocycles. The van der Waals surface area contributed by atoms with Crippen molar-refractivity contribution in [2.75, 3.05) is 13.1 Å². The molecule has 0 aliphatic carbocycles. The van der Waals surface area contributed by atoms with E-state index in [2.05, 4.69) is 0 Å². The Morgan fingerprint density at radius 3 is 2.35 bits per heavy atom. The van der Waals surface area contributed by atoms with Crippen molar-refractivity contribution in [2.24, 2.45) is 5.92 Å². The second kappa shape index (κ2) is 6.44. The van der Waals surface area contributed by atoms with Gasteiger partial charge in [0.25, 0.3) is 0 Å². The summed E-state index contributed by atoms with van der Waals surface area (Å²) in [6.07, 6.45) is -2.66. The zero-order chi connectivity index (χ0) is 17.2. The third-order valence-corrected chi connectivity index (χ3v) is 3.86. The first-order chi connectivity index (χ1) is 10.7. The Bertz CT molecular complexity index is 635. The highest BCUT2D eigenvalue weighted by Gasteiger charge is 2.31. The minimum absolute atomic E-state index is 0.158. The van der Waals surface area contributed by atoms with E-state index in [4.69, 9.17) is 5.11 Å². The Balaban J connectivity index is 2.07. The molecule has 1 amide bonds. The van der Waals surface area contributed by atoms with E-state index in [1.807, 2.05) is 0 Å². The monoisotopic (exact) mass is 327 g/mol. The molecule has 1 aliphatic heterocycles. The van der Waals surface area contributed by atoms with Crippen LogP contribution in [0.3, 0.4) is 0 Å². The van der Waals surface area contributed by atoms with Crippen LogP contribution in [-0.4, -0.2) is 35.0 Å². The smallest absolute Gasteiger partial charge is 0.416 e. The molecule has 23 heavy (non-hydrogen) atoms. The third-order valence-electron chi connectivity index (χ3n) is 3.86. The van der Waals surface area contributed by atoms with Gasteiger partial charge in [-0.3, -0.25) is 9.59 Å². The van der Waals surface area contributed by atoms with Gasteiger partial charge in [0.15, 0.2) is 0 Å². The van der Waals surface area contributed by atoms with Gasteiger partial charge in [-0.2, -0.15) is 13.2 Å². The second-order valence-corrected chi connectivity index (χ2v) is 5.51. The number of carboxylic acids is 1. The molecule has 0 radical (unpaired) electrons. The van der Waals surface area contributed by atoms with Crippen LogP contribution >= 0.6 is 0 Å². The van der Waals surface area contributed by atoms with Gasteiger partial charge in [0, 0.05) is 19.2 Å². The highest BCUT2D eigenvalue weighted by molar-refractivity contribution is 5.95. The van der Waals surface area contributed by atoms with Crippen LogP contribution in [0.5, 0.6) is 0 Å². The van der Waals surface area contributed by atoms with Gasteiger partial charge >= 0.3 is 12.1 Å². The summed E-state index contributed by atoms with van der Waals surface area (Å²) < 4.78 is 37.5. The Morgan fingerprint density at radius 2 is 1.87 bits per heavy atom. The number of hydrogen-bond acceptors (Lipinski definition) is 2. The van der Waals surface area contributed by atoms with Gasteiger partial charge in [-0.1, -0.05) is 12.1 Å². The molecule has 2 rings (SSSR count). The molecule has 7 heteroatoms. The normalized spacial score (nSPS) is 19.0. The van der Waals surface area contributed by atoms with Gasteiger partial charge in [0.2, 0.25) is 5.91 Å². The number of alkyl halides is 3. The van der Waals surface area contributed by atoms with Crippen molar-refractivity contribution in [1.29, 1.82) is 0 Å². The molecule has 1 aliphatic rings. The van der Waals surface area contributed by atoms with Crippen molar-refractivity contribution in [3.63, 3.8) is 0 Å². The Labute approximate surface area is 131 Å². The van der Waals surface area contributed by atoms with Crippen LogP contribution in [-0.2, 0) is 15.8 Å². The van der Waals surface area contributed by atoms with Crippen LogP contribution in [0.1, 0.15) is 24.5 Å². The number of aliphatic carboxylic acids is 1. The summed E-state index contributed by atoms with van der Waals surface area (Å²) in [5.41, 5.74) is 0.298. The lowest BCUT2D eigenvalue weighted by atomic mass is 10.0. The number of allylic oxidation sites excluding steroid dienone is 1. The minimum atomic E-state index is -4.40. The van der Waals surface area contributed by atoms with Crippen LogP contribution in [0.4, 0.5) is 13.2 Å². The van der Waals surface area contributed by atoms with Gasteiger partial charge < -0.3 is 10.0 Å². The largest absolute Gasteiger partial charge is 0.481 e. The van der Waals surface area contributed by atoms with Crippen molar-refractivity contribution in [3.8, 4) is 0 Å². The average Bonchev–Trinajstić information content (AvgIpc) is 2.96. The number of benzene rings is 1. The number of carboxylic acid groups (broad SMARTS) is 1. The predicted octanol–water partition coefficient (Wildman–Crippen LogP) is 3.04. The predicted molar refractivity (Wildman–Crippen MR) is 77.4 cm³/mol. The van der Waals surface area contributed by atoms with E-state index in [1.54, 1.807) is 6.92 Å². The van der Waals surface area contributed by atoms with Gasteiger partial charge in [-0.05, 0) is 36.6 Å². The topological polar surface area (TPSA) is 57.6 Å². The molecule has 1 heterocycles. The molecule has 0 spiro atoms. The van der Waals surface area contributed by atoms with E-state index in [1.165, 1.54) is 23.1 Å². The maximum atomic E-state index is 12.5. The lowest BCUT2D eigenvalue weighted by molar-refractivity contribution is -0.141. The van der Waals surface area contributed by atoms with Crippen molar-refractivity contribution < 1.29 is 27.9 Å². The maximum absolute atomic E-state index is 12.5. The molecule has 0 bridgehead atoms. The lowest BCUT2D eigenvalue weighted by Gasteiger charge is -2.14. The first-order valence-corrected chi connectivity index (χ1v) is 7.06. The summed E-state index contributed by atoms with van der Waals surface area (Å²) in [5.74, 6) is -1.81. The van der Waals surface area contributed by atoms with Gasteiger partial charge in [0.05, 0.1) is 11.5 Å². The van der Waals surface area contributed by atoms with Crippen molar-refractivity contribution in [2.45, 2.75) is 19.5 Å². The molecule has 0 saturated carbocycles. The number of carbonyl (C=O) groups is 2. The molecule has 1 atom stereocenters. The molecule has 1 N–H and O–H groups in total. The summed E-state index contributed by atoms with van der Waals surface area (Å²) in [5, 5.41) is 8.92. The summed E-state index contributed by atoms with van der Waals surface area (Å²) in [6, 6.07) is 4.55. The second-order valence-electron chi connectivity index (χ2n) is 5.51. The van der Waals surface area contributed by atoms with Gasteiger partial charge in [-0.25, -0.2) is 0 Å². The van der Waals surface area contributed by atoms with E-state index < -0.39 is 23.6 Å². The number of halogens is 3. The van der Waals surface area contributed by atoms with Gasteiger partial charge in [0.1, 0.15) is 0 Å². The quantitative estimate of drug-likeness (QED) is 0.868. The SMILES string of the molecule is CC(=CC(=O)N1CCC(C(=O)O)C1)c1ccc(C(F)(F)F)cc1. The molecule has 1 unspecified atom stereocenters. The van der Waals surface area contributed by atoms with Crippen LogP contribution in [0, 0.1) is 5.92 Å². The van der Waals surface area contributed by atoms with Crippen molar-refractivity contribution in [1.82, 2.24) is 4.90 Å². The summed E-state index contributed by atoms with van der Waals surface area (Å²) in [7, 11) is 0. The van der Waals surface area contributed by atoms with E-state index in [9.17, 15) is 22.8 Å². The third kappa shape index (κ3) is 4.12. The summed E-state index contributed by atoms with van der Waals surface area (Å²) in [4.78, 5) is 24.4. The lowest BCUT2D eigenvalue weighted by Crippen LogP contribution is -2.28. The molecular weight excluding hydrogens is 311 g/mol. The average molecular weight is 327 g/mol. The summed E-state index contributed by atoms with van der Waals surface area (Å²) in [6.45, 7) is 2.16. The number of amides is 1. The van der Waals surface area contributed by atoms with E-state index >= 15 is 0 Å². The molecular formula is C16H16F3NO3. The standard InChI is InChI=1S/C16H16F3NO3/c1-10(11-2-4-13(5-3-11)16(17,18)19)8-14(21)20-7-6-12(9-20)15(22)23/h2-5,8,12H,6-7,9H2,1H3,(H,22,23). The first kappa shape index (κ1) is 17.1. The summed E-state index contributed by atoms with van der Waals surface area (Å²) >= 11 is 0. The van der Waals surface area contributed by atoms with E-state index in [0.717, 1.165) is 12.1 Å². The van der Waals surface area contributed by atoms with E-state index in [-0.39, 0.29) is 12.5 Å². The molecule has 1 saturated heterocycles. The fourth-order valence-corrected chi connectivity index (χ4v) is 2.44. The Hall–Kier alpha value is -2.31. The fraction of sp³-hybridized carbons (Fsp3) is 0.375. The zero-order valence-corrected chi connectivity index (χ0v) is 12.4. The highest BCUT2D eigenvalue weighted by atomic mass is 19.4. The molecule has 124 valence electrons.